The van der Waals surface area contributed by atoms with Gasteiger partial charge >= 0.3 is 0 Å². The average Bonchev–Trinajstić information content (AvgIpc) is 2.97. The molecule has 3 N–H and O–H groups in total. The molecule has 28 heavy (non-hydrogen) atoms. The minimum Gasteiger partial charge on any atom is -0.325 e. The molecule has 3 aromatic rings. The monoisotopic (exact) mass is 375 g/mol. The number of aryl methyl sites for hydroxylation is 1. The number of amides is 1. The molecule has 1 aromatic heterocycles. The van der Waals surface area contributed by atoms with Crippen molar-refractivity contribution >= 4 is 11.6 Å². The molecule has 0 fully saturated rings. The number of anilines is 1. The zero-order chi connectivity index (χ0) is 19.3. The number of hydrogen-bond acceptors (Lipinski definition) is 4. The largest absolute Gasteiger partial charge is 0.325 e. The number of aromatic nitrogens is 3. The Morgan fingerprint density at radius 1 is 1.07 bits per heavy atom. The number of nitrogens with one attached hydrogen (secondary N) is 1. The lowest BCUT2D eigenvalue weighted by molar-refractivity contribution is -0.117. The maximum absolute atomic E-state index is 12.5. The SMILES string of the molecule is N[C@@H](Cc1ccccc1)C(=O)Nc1cccc(-c2nnc3n2CCCCC3)c1. The Balaban J connectivity index is 1.48. The number of nitrogens with two attached hydrogens (primary N) is 1. The molecule has 1 aliphatic rings. The number of benzene rings is 2. The number of carbonyl (C=O) groups excluding carboxylic acids is 1. The zero-order valence-corrected chi connectivity index (χ0v) is 15.8. The predicted octanol–water partition coefficient (Wildman–Crippen LogP) is 3.18. The van der Waals surface area contributed by atoms with Gasteiger partial charge in [-0.15, -0.1) is 10.2 Å². The molecule has 0 unspecified atom stereocenters. The number of carbonyl (C=O) groups is 1. The number of rotatable bonds is 5. The fourth-order valence-corrected chi connectivity index (χ4v) is 3.63. The van der Waals surface area contributed by atoms with E-state index >= 15 is 0 Å². The van der Waals surface area contributed by atoms with Gasteiger partial charge in [-0.05, 0) is 37.0 Å². The lowest BCUT2D eigenvalue weighted by atomic mass is 10.1. The van der Waals surface area contributed by atoms with Gasteiger partial charge in [0.15, 0.2) is 5.82 Å². The molecule has 2 aromatic carbocycles. The molecule has 0 aliphatic carbocycles. The summed E-state index contributed by atoms with van der Waals surface area (Å²) in [5.41, 5.74) is 8.82. The van der Waals surface area contributed by atoms with E-state index in [-0.39, 0.29) is 5.91 Å². The molecular formula is C22H25N5O. The van der Waals surface area contributed by atoms with Gasteiger partial charge < -0.3 is 15.6 Å². The van der Waals surface area contributed by atoms with E-state index in [0.29, 0.717) is 6.42 Å². The summed E-state index contributed by atoms with van der Waals surface area (Å²) in [6, 6.07) is 16.9. The summed E-state index contributed by atoms with van der Waals surface area (Å²) in [7, 11) is 0. The summed E-state index contributed by atoms with van der Waals surface area (Å²) >= 11 is 0. The van der Waals surface area contributed by atoms with Crippen molar-refractivity contribution in [3.8, 4) is 11.4 Å². The van der Waals surface area contributed by atoms with Crippen molar-refractivity contribution < 1.29 is 4.79 Å². The normalized spacial score (nSPS) is 14.8. The maximum Gasteiger partial charge on any atom is 0.241 e. The molecule has 4 rings (SSSR count). The lowest BCUT2D eigenvalue weighted by Crippen LogP contribution is -2.37. The van der Waals surface area contributed by atoms with Gasteiger partial charge in [-0.1, -0.05) is 48.9 Å². The summed E-state index contributed by atoms with van der Waals surface area (Å²) in [5, 5.41) is 11.7. The highest BCUT2D eigenvalue weighted by molar-refractivity contribution is 5.95. The van der Waals surface area contributed by atoms with Gasteiger partial charge in [0.1, 0.15) is 5.82 Å². The quantitative estimate of drug-likeness (QED) is 0.717. The molecule has 0 radical (unpaired) electrons. The maximum atomic E-state index is 12.5. The standard InChI is InChI=1S/C22H25N5O/c23-19(14-16-8-3-1-4-9-16)22(28)24-18-11-7-10-17(15-18)21-26-25-20-12-5-2-6-13-27(20)21/h1,3-4,7-11,15,19H,2,5-6,12-14,23H2,(H,24,28)/t19-/m0/s1. The molecular weight excluding hydrogens is 350 g/mol. The molecule has 0 saturated heterocycles. The molecule has 144 valence electrons. The van der Waals surface area contributed by atoms with Crippen LogP contribution in [0.4, 0.5) is 5.69 Å². The second-order valence-corrected chi connectivity index (χ2v) is 7.27. The van der Waals surface area contributed by atoms with E-state index in [4.69, 9.17) is 5.73 Å². The Hall–Kier alpha value is -2.99. The van der Waals surface area contributed by atoms with Crippen molar-refractivity contribution in [1.29, 1.82) is 0 Å². The molecule has 6 heteroatoms. The third-order valence-electron chi connectivity index (χ3n) is 5.13. The van der Waals surface area contributed by atoms with Gasteiger partial charge in [-0.2, -0.15) is 0 Å². The predicted molar refractivity (Wildman–Crippen MR) is 110 cm³/mol. The van der Waals surface area contributed by atoms with E-state index in [2.05, 4.69) is 20.1 Å². The van der Waals surface area contributed by atoms with Gasteiger partial charge in [0.2, 0.25) is 5.91 Å². The number of nitrogens with zero attached hydrogens (tertiary/aromatic N) is 3. The molecule has 1 aliphatic heterocycles. The summed E-state index contributed by atoms with van der Waals surface area (Å²) in [6.45, 7) is 0.941. The Morgan fingerprint density at radius 3 is 2.79 bits per heavy atom. The fraction of sp³-hybridized carbons (Fsp3) is 0.318. The van der Waals surface area contributed by atoms with Gasteiger partial charge in [0.05, 0.1) is 6.04 Å². The molecule has 6 nitrogen and oxygen atoms in total. The first kappa shape index (κ1) is 18.4. The molecule has 0 spiro atoms. The van der Waals surface area contributed by atoms with Crippen molar-refractivity contribution in [3.63, 3.8) is 0 Å². The second kappa shape index (κ2) is 8.35. The average molecular weight is 375 g/mol. The first-order chi connectivity index (χ1) is 13.7. The van der Waals surface area contributed by atoms with Crippen LogP contribution in [0.25, 0.3) is 11.4 Å². The van der Waals surface area contributed by atoms with E-state index in [0.717, 1.165) is 54.3 Å². The van der Waals surface area contributed by atoms with Crippen LogP contribution >= 0.6 is 0 Å². The van der Waals surface area contributed by atoms with Crippen LogP contribution in [-0.4, -0.2) is 26.7 Å². The Bertz CT molecular complexity index is 951. The van der Waals surface area contributed by atoms with Crippen LogP contribution in [0.5, 0.6) is 0 Å². The highest BCUT2D eigenvalue weighted by atomic mass is 16.2. The van der Waals surface area contributed by atoms with Crippen molar-refractivity contribution in [3.05, 3.63) is 66.0 Å². The number of fused-ring (bicyclic) bond motifs is 1. The summed E-state index contributed by atoms with van der Waals surface area (Å²) in [5.74, 6) is 1.72. The van der Waals surface area contributed by atoms with Gasteiger partial charge in [-0.3, -0.25) is 4.79 Å². The van der Waals surface area contributed by atoms with Crippen LogP contribution in [0.3, 0.4) is 0 Å². The first-order valence-corrected chi connectivity index (χ1v) is 9.83. The van der Waals surface area contributed by atoms with Gasteiger partial charge in [0, 0.05) is 24.2 Å². The van der Waals surface area contributed by atoms with Crippen LogP contribution in [0.2, 0.25) is 0 Å². The van der Waals surface area contributed by atoms with E-state index in [1.54, 1.807) is 0 Å². The van der Waals surface area contributed by atoms with E-state index < -0.39 is 6.04 Å². The fourth-order valence-electron chi connectivity index (χ4n) is 3.63. The Morgan fingerprint density at radius 2 is 1.93 bits per heavy atom. The van der Waals surface area contributed by atoms with E-state index in [1.807, 2.05) is 54.6 Å². The zero-order valence-electron chi connectivity index (χ0n) is 15.8. The minimum absolute atomic E-state index is 0.193. The van der Waals surface area contributed by atoms with Crippen molar-refractivity contribution in [2.75, 3.05) is 5.32 Å². The van der Waals surface area contributed by atoms with Crippen LogP contribution in [0.15, 0.2) is 54.6 Å². The van der Waals surface area contributed by atoms with Crippen LogP contribution in [-0.2, 0) is 24.2 Å². The Kier molecular flexibility index (Phi) is 5.48. The third kappa shape index (κ3) is 4.12. The van der Waals surface area contributed by atoms with Crippen molar-refractivity contribution in [2.45, 2.75) is 44.7 Å². The van der Waals surface area contributed by atoms with E-state index in [9.17, 15) is 4.79 Å². The highest BCUT2D eigenvalue weighted by Crippen LogP contribution is 2.25. The van der Waals surface area contributed by atoms with Crippen LogP contribution in [0, 0.1) is 0 Å². The number of hydrogen-bond donors (Lipinski definition) is 2. The summed E-state index contributed by atoms with van der Waals surface area (Å²) in [4.78, 5) is 12.5. The topological polar surface area (TPSA) is 85.8 Å². The smallest absolute Gasteiger partial charge is 0.241 e. The second-order valence-electron chi connectivity index (χ2n) is 7.27. The van der Waals surface area contributed by atoms with Crippen LogP contribution in [0.1, 0.15) is 30.7 Å². The summed E-state index contributed by atoms with van der Waals surface area (Å²) < 4.78 is 2.20. The Labute approximate surface area is 164 Å². The van der Waals surface area contributed by atoms with Crippen LogP contribution < -0.4 is 11.1 Å². The molecule has 0 saturated carbocycles. The third-order valence-corrected chi connectivity index (χ3v) is 5.13. The van der Waals surface area contributed by atoms with Crippen molar-refractivity contribution in [1.82, 2.24) is 14.8 Å². The van der Waals surface area contributed by atoms with Gasteiger partial charge in [0.25, 0.3) is 0 Å². The molecule has 0 bridgehead atoms. The summed E-state index contributed by atoms with van der Waals surface area (Å²) in [6.07, 6.45) is 5.00. The minimum atomic E-state index is -0.601. The van der Waals surface area contributed by atoms with Crippen molar-refractivity contribution in [2.24, 2.45) is 5.73 Å². The van der Waals surface area contributed by atoms with E-state index in [1.165, 1.54) is 6.42 Å². The van der Waals surface area contributed by atoms with Gasteiger partial charge in [-0.25, -0.2) is 0 Å². The lowest BCUT2D eigenvalue weighted by Gasteiger charge is -2.13. The first-order valence-electron chi connectivity index (χ1n) is 9.83. The molecule has 1 amide bonds. The molecule has 2 heterocycles. The molecule has 1 atom stereocenters. The highest BCUT2D eigenvalue weighted by Gasteiger charge is 2.18.